The minimum Gasteiger partial charge on any atom is -0.321 e. The zero-order chi connectivity index (χ0) is 6.69. The SMILES string of the molecule is N[CH]c1ccc(F)cn1. The van der Waals surface area contributed by atoms with Gasteiger partial charge in [0.1, 0.15) is 5.82 Å². The monoisotopic (exact) mass is 125 g/mol. The van der Waals surface area contributed by atoms with Crippen molar-refractivity contribution in [2.24, 2.45) is 5.73 Å². The summed E-state index contributed by atoms with van der Waals surface area (Å²) >= 11 is 0. The van der Waals surface area contributed by atoms with Crippen LogP contribution in [0.25, 0.3) is 0 Å². The van der Waals surface area contributed by atoms with Crippen molar-refractivity contribution < 1.29 is 4.39 Å². The molecular formula is C6H6FN2. The van der Waals surface area contributed by atoms with Crippen molar-refractivity contribution in [2.45, 2.75) is 0 Å². The predicted octanol–water partition coefficient (Wildman–Crippen LogP) is 0.689. The number of pyridine rings is 1. The number of halogens is 1. The molecule has 0 fully saturated rings. The fraction of sp³-hybridized carbons (Fsp3) is 0. The summed E-state index contributed by atoms with van der Waals surface area (Å²) in [6.07, 6.45) is 1.12. The molecule has 2 N–H and O–H groups in total. The van der Waals surface area contributed by atoms with E-state index in [1.165, 1.54) is 18.7 Å². The third-order valence-electron chi connectivity index (χ3n) is 0.921. The smallest absolute Gasteiger partial charge is 0.141 e. The van der Waals surface area contributed by atoms with Crippen molar-refractivity contribution >= 4 is 0 Å². The second-order valence-corrected chi connectivity index (χ2v) is 1.57. The molecule has 0 aliphatic carbocycles. The lowest BCUT2D eigenvalue weighted by atomic mass is 10.3. The number of nitrogens with zero attached hydrogens (tertiary/aromatic N) is 1. The minimum absolute atomic E-state index is 0.347. The van der Waals surface area contributed by atoms with Gasteiger partial charge in [-0.2, -0.15) is 0 Å². The summed E-state index contributed by atoms with van der Waals surface area (Å²) in [5, 5.41) is 0. The average molecular weight is 125 g/mol. The van der Waals surface area contributed by atoms with Gasteiger partial charge in [0, 0.05) is 0 Å². The second-order valence-electron chi connectivity index (χ2n) is 1.57. The van der Waals surface area contributed by atoms with Gasteiger partial charge in [-0.3, -0.25) is 4.98 Å². The first-order valence-corrected chi connectivity index (χ1v) is 2.49. The highest BCUT2D eigenvalue weighted by Crippen LogP contribution is 1.96. The zero-order valence-electron chi connectivity index (χ0n) is 4.71. The van der Waals surface area contributed by atoms with Crippen LogP contribution in [0.3, 0.4) is 0 Å². The summed E-state index contributed by atoms with van der Waals surface area (Å²) in [5.41, 5.74) is 5.67. The van der Waals surface area contributed by atoms with E-state index in [1.54, 1.807) is 0 Å². The molecule has 0 spiro atoms. The molecule has 2 nitrogen and oxygen atoms in total. The molecule has 3 heteroatoms. The fourth-order valence-electron chi connectivity index (χ4n) is 0.486. The Morgan fingerprint density at radius 1 is 1.56 bits per heavy atom. The Balaban J connectivity index is 2.88. The van der Waals surface area contributed by atoms with Gasteiger partial charge in [-0.25, -0.2) is 4.39 Å². The van der Waals surface area contributed by atoms with Gasteiger partial charge in [0.15, 0.2) is 0 Å². The first-order valence-electron chi connectivity index (χ1n) is 2.49. The van der Waals surface area contributed by atoms with Crippen molar-refractivity contribution in [3.05, 3.63) is 36.4 Å². The summed E-state index contributed by atoms with van der Waals surface area (Å²) < 4.78 is 12.1. The normalized spacial score (nSPS) is 9.56. The minimum atomic E-state index is -0.347. The van der Waals surface area contributed by atoms with Crippen LogP contribution in [0.15, 0.2) is 18.3 Å². The molecule has 1 heterocycles. The molecule has 0 aliphatic heterocycles. The number of hydrogen-bond donors (Lipinski definition) is 1. The van der Waals surface area contributed by atoms with E-state index in [2.05, 4.69) is 4.98 Å². The summed E-state index contributed by atoms with van der Waals surface area (Å²) in [6.45, 7) is 1.32. The molecule has 0 saturated carbocycles. The molecule has 0 unspecified atom stereocenters. The first-order chi connectivity index (χ1) is 4.33. The quantitative estimate of drug-likeness (QED) is 0.599. The summed E-state index contributed by atoms with van der Waals surface area (Å²) in [7, 11) is 0. The maximum Gasteiger partial charge on any atom is 0.141 e. The van der Waals surface area contributed by atoms with Gasteiger partial charge in [-0.05, 0) is 12.1 Å². The molecule has 0 aromatic carbocycles. The van der Waals surface area contributed by atoms with Gasteiger partial charge >= 0.3 is 0 Å². The molecule has 1 rings (SSSR count). The Kier molecular flexibility index (Phi) is 1.75. The lowest BCUT2D eigenvalue weighted by Crippen LogP contribution is -1.95. The largest absolute Gasteiger partial charge is 0.321 e. The van der Waals surface area contributed by atoms with E-state index in [0.29, 0.717) is 5.69 Å². The standard InChI is InChI=1S/C6H6FN2/c7-5-1-2-6(3-8)9-4-5/h1-4H,8H2. The third kappa shape index (κ3) is 1.47. The van der Waals surface area contributed by atoms with E-state index in [9.17, 15) is 4.39 Å². The Hall–Kier alpha value is -0.960. The molecule has 1 aromatic rings. The Bertz CT molecular complexity index is 183. The highest BCUT2D eigenvalue weighted by atomic mass is 19.1. The van der Waals surface area contributed by atoms with Crippen LogP contribution in [0.5, 0.6) is 0 Å². The second kappa shape index (κ2) is 2.55. The molecule has 1 radical (unpaired) electrons. The Morgan fingerprint density at radius 2 is 2.33 bits per heavy atom. The van der Waals surface area contributed by atoms with Gasteiger partial charge in [-0.1, -0.05) is 0 Å². The van der Waals surface area contributed by atoms with Crippen LogP contribution in [-0.4, -0.2) is 4.98 Å². The number of aromatic nitrogens is 1. The molecule has 0 saturated heterocycles. The van der Waals surface area contributed by atoms with Crippen molar-refractivity contribution in [2.75, 3.05) is 0 Å². The van der Waals surface area contributed by atoms with E-state index >= 15 is 0 Å². The number of nitrogens with two attached hydrogens (primary N) is 1. The third-order valence-corrected chi connectivity index (χ3v) is 0.921. The predicted molar refractivity (Wildman–Crippen MR) is 31.8 cm³/mol. The highest BCUT2D eigenvalue weighted by molar-refractivity contribution is 5.11. The van der Waals surface area contributed by atoms with Crippen molar-refractivity contribution in [3.8, 4) is 0 Å². The molecule has 0 atom stereocenters. The Labute approximate surface area is 52.5 Å². The molecule has 0 bridgehead atoms. The van der Waals surface area contributed by atoms with Crippen molar-refractivity contribution in [1.29, 1.82) is 0 Å². The number of rotatable bonds is 1. The molecule has 1 aromatic heterocycles. The van der Waals surface area contributed by atoms with Crippen molar-refractivity contribution in [1.82, 2.24) is 4.98 Å². The topological polar surface area (TPSA) is 38.9 Å². The van der Waals surface area contributed by atoms with Crippen LogP contribution in [0.1, 0.15) is 5.69 Å². The molecular weight excluding hydrogens is 119 g/mol. The van der Waals surface area contributed by atoms with E-state index in [1.807, 2.05) is 0 Å². The zero-order valence-corrected chi connectivity index (χ0v) is 4.71. The van der Waals surface area contributed by atoms with E-state index < -0.39 is 0 Å². The highest BCUT2D eigenvalue weighted by Gasteiger charge is 1.89. The maximum absolute atomic E-state index is 12.1. The van der Waals surface area contributed by atoms with Gasteiger partial charge in [0.2, 0.25) is 0 Å². The number of hydrogen-bond acceptors (Lipinski definition) is 2. The van der Waals surface area contributed by atoms with Crippen LogP contribution >= 0.6 is 0 Å². The van der Waals surface area contributed by atoms with Crippen LogP contribution in [-0.2, 0) is 0 Å². The summed E-state index contributed by atoms with van der Waals surface area (Å²) in [4.78, 5) is 3.64. The summed E-state index contributed by atoms with van der Waals surface area (Å²) in [5.74, 6) is -0.347. The first kappa shape index (κ1) is 6.16. The van der Waals surface area contributed by atoms with Gasteiger partial charge in [0.25, 0.3) is 0 Å². The lowest BCUT2D eigenvalue weighted by molar-refractivity contribution is 0.620. The van der Waals surface area contributed by atoms with Crippen LogP contribution in [0.2, 0.25) is 0 Å². The average Bonchev–Trinajstić information content (AvgIpc) is 1.90. The Morgan fingerprint density at radius 3 is 2.78 bits per heavy atom. The molecule has 47 valence electrons. The summed E-state index contributed by atoms with van der Waals surface area (Å²) in [6, 6.07) is 2.82. The molecule has 0 aliphatic rings. The van der Waals surface area contributed by atoms with E-state index in [0.717, 1.165) is 6.20 Å². The fourth-order valence-corrected chi connectivity index (χ4v) is 0.486. The van der Waals surface area contributed by atoms with Crippen LogP contribution < -0.4 is 5.73 Å². The van der Waals surface area contributed by atoms with E-state index in [4.69, 9.17) is 5.73 Å². The van der Waals surface area contributed by atoms with Crippen molar-refractivity contribution in [3.63, 3.8) is 0 Å². The van der Waals surface area contributed by atoms with Gasteiger partial charge < -0.3 is 5.73 Å². The van der Waals surface area contributed by atoms with Crippen LogP contribution in [0.4, 0.5) is 4.39 Å². The molecule has 0 amide bonds. The van der Waals surface area contributed by atoms with Crippen LogP contribution in [0, 0.1) is 12.4 Å². The van der Waals surface area contributed by atoms with Gasteiger partial charge in [0.05, 0.1) is 18.4 Å². The maximum atomic E-state index is 12.1. The van der Waals surface area contributed by atoms with E-state index in [-0.39, 0.29) is 5.82 Å². The lowest BCUT2D eigenvalue weighted by Gasteiger charge is -1.90. The van der Waals surface area contributed by atoms with Gasteiger partial charge in [-0.15, -0.1) is 0 Å². The molecule has 9 heavy (non-hydrogen) atoms.